The smallest absolute Gasteiger partial charge is 0.0323 e. The van der Waals surface area contributed by atoms with E-state index in [0.717, 1.165) is 12.0 Å². The monoisotopic (exact) mass is 216 g/mol. The predicted molar refractivity (Wildman–Crippen MR) is 66.3 cm³/mol. The molecule has 1 aromatic rings. The number of fused-ring (bicyclic) bond motifs is 1. The summed E-state index contributed by atoms with van der Waals surface area (Å²) in [5.41, 5.74) is 1.45. The van der Waals surface area contributed by atoms with Gasteiger partial charge in [-0.2, -0.15) is 0 Å². The fourth-order valence-electron chi connectivity index (χ4n) is 3.29. The van der Waals surface area contributed by atoms with E-state index in [0.29, 0.717) is 6.04 Å². The molecule has 86 valence electrons. The van der Waals surface area contributed by atoms with Crippen molar-refractivity contribution in [3.8, 4) is 0 Å². The van der Waals surface area contributed by atoms with Crippen LogP contribution in [-0.4, -0.2) is 30.6 Å². The summed E-state index contributed by atoms with van der Waals surface area (Å²) in [4.78, 5) is 2.68. The molecule has 3 rings (SSSR count). The zero-order valence-electron chi connectivity index (χ0n) is 9.89. The molecule has 2 aliphatic rings. The van der Waals surface area contributed by atoms with Crippen molar-refractivity contribution in [1.29, 1.82) is 0 Å². The molecule has 2 heteroatoms. The first-order valence-corrected chi connectivity index (χ1v) is 6.37. The van der Waals surface area contributed by atoms with Crippen LogP contribution in [0.25, 0.3) is 0 Å². The molecule has 0 unspecified atom stereocenters. The summed E-state index contributed by atoms with van der Waals surface area (Å²) in [6, 6.07) is 12.2. The van der Waals surface area contributed by atoms with Crippen LogP contribution in [0.4, 0.5) is 0 Å². The molecule has 0 radical (unpaired) electrons. The standard InChI is InChI=1S/C14H20N2/c1-11(12-5-3-2-4-6-12)16-8-7-13-9-15-10-14(13)16/h2-6,11,13-15H,7-10H2,1H3/t11-,13+,14-/m1/s1. The second kappa shape index (κ2) is 4.19. The third-order valence-electron chi connectivity index (χ3n) is 4.27. The molecule has 0 bridgehead atoms. The van der Waals surface area contributed by atoms with Crippen LogP contribution in [0.15, 0.2) is 30.3 Å². The molecule has 16 heavy (non-hydrogen) atoms. The van der Waals surface area contributed by atoms with Crippen LogP contribution in [0.2, 0.25) is 0 Å². The van der Waals surface area contributed by atoms with Crippen LogP contribution in [0.3, 0.4) is 0 Å². The first kappa shape index (κ1) is 10.3. The number of rotatable bonds is 2. The summed E-state index contributed by atoms with van der Waals surface area (Å²) in [7, 11) is 0. The number of likely N-dealkylation sites (tertiary alicyclic amines) is 1. The SMILES string of the molecule is C[C@H](c1ccccc1)N1CC[C@H]2CNC[C@H]21. The van der Waals surface area contributed by atoms with E-state index in [1.165, 1.54) is 31.6 Å². The summed E-state index contributed by atoms with van der Waals surface area (Å²) in [5, 5.41) is 3.52. The zero-order valence-corrected chi connectivity index (χ0v) is 9.89. The summed E-state index contributed by atoms with van der Waals surface area (Å²) >= 11 is 0. The van der Waals surface area contributed by atoms with Crippen molar-refractivity contribution < 1.29 is 0 Å². The van der Waals surface area contributed by atoms with Gasteiger partial charge in [-0.3, -0.25) is 4.90 Å². The third kappa shape index (κ3) is 1.66. The Hall–Kier alpha value is -0.860. The lowest BCUT2D eigenvalue weighted by atomic mass is 10.0. The van der Waals surface area contributed by atoms with Crippen molar-refractivity contribution in [2.75, 3.05) is 19.6 Å². The van der Waals surface area contributed by atoms with Crippen molar-refractivity contribution in [1.82, 2.24) is 10.2 Å². The second-order valence-electron chi connectivity index (χ2n) is 5.10. The van der Waals surface area contributed by atoms with E-state index >= 15 is 0 Å². The molecule has 0 spiro atoms. The molecule has 2 aliphatic heterocycles. The Bertz CT molecular complexity index is 349. The van der Waals surface area contributed by atoms with Gasteiger partial charge in [-0.15, -0.1) is 0 Å². The van der Waals surface area contributed by atoms with Gasteiger partial charge in [-0.05, 0) is 37.9 Å². The molecule has 0 aliphatic carbocycles. The summed E-state index contributed by atoms with van der Waals surface area (Å²) in [6.07, 6.45) is 1.37. The molecular formula is C14H20N2. The van der Waals surface area contributed by atoms with E-state index in [1.807, 2.05) is 0 Å². The molecular weight excluding hydrogens is 196 g/mol. The summed E-state index contributed by atoms with van der Waals surface area (Å²) in [5.74, 6) is 0.895. The van der Waals surface area contributed by atoms with Gasteiger partial charge in [0.25, 0.3) is 0 Å². The van der Waals surface area contributed by atoms with E-state index in [1.54, 1.807) is 0 Å². The van der Waals surface area contributed by atoms with Gasteiger partial charge < -0.3 is 5.32 Å². The number of nitrogens with zero attached hydrogens (tertiary/aromatic N) is 1. The van der Waals surface area contributed by atoms with Gasteiger partial charge in [-0.1, -0.05) is 30.3 Å². The Kier molecular flexibility index (Phi) is 2.70. The average molecular weight is 216 g/mol. The maximum absolute atomic E-state index is 3.52. The number of benzene rings is 1. The Labute approximate surface area is 97.6 Å². The lowest BCUT2D eigenvalue weighted by Crippen LogP contribution is -2.36. The van der Waals surface area contributed by atoms with Crippen molar-refractivity contribution in [2.24, 2.45) is 5.92 Å². The third-order valence-corrected chi connectivity index (χ3v) is 4.27. The minimum atomic E-state index is 0.566. The quantitative estimate of drug-likeness (QED) is 0.814. The van der Waals surface area contributed by atoms with Crippen LogP contribution in [0, 0.1) is 5.92 Å². The van der Waals surface area contributed by atoms with Crippen molar-refractivity contribution in [2.45, 2.75) is 25.4 Å². The Morgan fingerprint density at radius 3 is 2.88 bits per heavy atom. The highest BCUT2D eigenvalue weighted by molar-refractivity contribution is 5.19. The first-order chi connectivity index (χ1) is 7.86. The van der Waals surface area contributed by atoms with Crippen molar-refractivity contribution in [3.05, 3.63) is 35.9 Å². The summed E-state index contributed by atoms with van der Waals surface area (Å²) in [6.45, 7) is 6.02. The predicted octanol–water partition coefficient (Wildman–Crippen LogP) is 2.04. The number of nitrogens with one attached hydrogen (secondary N) is 1. The van der Waals surface area contributed by atoms with E-state index in [2.05, 4.69) is 47.5 Å². The van der Waals surface area contributed by atoms with Crippen LogP contribution < -0.4 is 5.32 Å². The topological polar surface area (TPSA) is 15.3 Å². The van der Waals surface area contributed by atoms with Gasteiger partial charge >= 0.3 is 0 Å². The fourth-order valence-corrected chi connectivity index (χ4v) is 3.29. The fraction of sp³-hybridized carbons (Fsp3) is 0.571. The van der Waals surface area contributed by atoms with E-state index in [-0.39, 0.29) is 0 Å². The van der Waals surface area contributed by atoms with Crippen LogP contribution in [0.5, 0.6) is 0 Å². The first-order valence-electron chi connectivity index (χ1n) is 6.37. The lowest BCUT2D eigenvalue weighted by molar-refractivity contribution is 0.192. The van der Waals surface area contributed by atoms with Gasteiger partial charge in [0, 0.05) is 18.6 Å². The van der Waals surface area contributed by atoms with Gasteiger partial charge in [0.15, 0.2) is 0 Å². The maximum Gasteiger partial charge on any atom is 0.0323 e. The molecule has 2 heterocycles. The second-order valence-corrected chi connectivity index (χ2v) is 5.10. The molecule has 0 aromatic heterocycles. The average Bonchev–Trinajstić information content (AvgIpc) is 2.91. The van der Waals surface area contributed by atoms with E-state index in [9.17, 15) is 0 Å². The van der Waals surface area contributed by atoms with Crippen LogP contribution >= 0.6 is 0 Å². The Balaban J connectivity index is 1.78. The highest BCUT2D eigenvalue weighted by Crippen LogP contribution is 2.34. The molecule has 1 N–H and O–H groups in total. The highest BCUT2D eigenvalue weighted by atomic mass is 15.2. The molecule has 2 saturated heterocycles. The zero-order chi connectivity index (χ0) is 11.0. The Morgan fingerprint density at radius 2 is 2.06 bits per heavy atom. The van der Waals surface area contributed by atoms with E-state index < -0.39 is 0 Å². The van der Waals surface area contributed by atoms with Gasteiger partial charge in [0.1, 0.15) is 0 Å². The molecule has 2 nitrogen and oxygen atoms in total. The highest BCUT2D eigenvalue weighted by Gasteiger charge is 2.39. The van der Waals surface area contributed by atoms with Gasteiger partial charge in [0.05, 0.1) is 0 Å². The minimum absolute atomic E-state index is 0.566. The maximum atomic E-state index is 3.52. The van der Waals surface area contributed by atoms with E-state index in [4.69, 9.17) is 0 Å². The summed E-state index contributed by atoms with van der Waals surface area (Å²) < 4.78 is 0. The van der Waals surface area contributed by atoms with Gasteiger partial charge in [0.2, 0.25) is 0 Å². The van der Waals surface area contributed by atoms with Gasteiger partial charge in [-0.25, -0.2) is 0 Å². The largest absolute Gasteiger partial charge is 0.315 e. The van der Waals surface area contributed by atoms with Crippen molar-refractivity contribution >= 4 is 0 Å². The number of hydrogen-bond acceptors (Lipinski definition) is 2. The minimum Gasteiger partial charge on any atom is -0.315 e. The van der Waals surface area contributed by atoms with Crippen molar-refractivity contribution in [3.63, 3.8) is 0 Å². The molecule has 3 atom stereocenters. The molecule has 0 saturated carbocycles. The lowest BCUT2D eigenvalue weighted by Gasteiger charge is -2.30. The molecule has 0 amide bonds. The normalized spacial score (nSPS) is 31.6. The van der Waals surface area contributed by atoms with Crippen LogP contribution in [0.1, 0.15) is 24.9 Å². The molecule has 2 fully saturated rings. The molecule has 1 aromatic carbocycles. The number of hydrogen-bond donors (Lipinski definition) is 1. The van der Waals surface area contributed by atoms with Crippen LogP contribution in [-0.2, 0) is 0 Å². The Morgan fingerprint density at radius 1 is 1.25 bits per heavy atom.